The zero-order valence-corrected chi connectivity index (χ0v) is 12.8. The summed E-state index contributed by atoms with van der Waals surface area (Å²) in [7, 11) is 3.14. The fraction of sp³-hybridized carbons (Fsp3) is 0.176. The van der Waals surface area contributed by atoms with Crippen molar-refractivity contribution in [3.05, 3.63) is 59.2 Å². The van der Waals surface area contributed by atoms with E-state index >= 15 is 0 Å². The van der Waals surface area contributed by atoms with Crippen molar-refractivity contribution >= 4 is 12.1 Å². The highest BCUT2D eigenvalue weighted by molar-refractivity contribution is 5.95. The number of hydrogen-bond donors (Lipinski definition) is 1. The van der Waals surface area contributed by atoms with Crippen LogP contribution in [0.2, 0.25) is 0 Å². The first kappa shape index (κ1) is 15.6. The third kappa shape index (κ3) is 3.85. The molecule has 2 aromatic rings. The Balaban J connectivity index is 2.05. The van der Waals surface area contributed by atoms with Gasteiger partial charge in [-0.2, -0.15) is 5.10 Å². The smallest absolute Gasteiger partial charge is 0.271 e. The van der Waals surface area contributed by atoms with E-state index in [0.29, 0.717) is 17.1 Å². The fourth-order valence-electron chi connectivity index (χ4n) is 1.95. The van der Waals surface area contributed by atoms with E-state index in [9.17, 15) is 4.79 Å². The number of nitrogens with zero attached hydrogens (tertiary/aromatic N) is 1. The summed E-state index contributed by atoms with van der Waals surface area (Å²) in [5.41, 5.74) is 4.89. The van der Waals surface area contributed by atoms with E-state index in [4.69, 9.17) is 9.47 Å². The van der Waals surface area contributed by atoms with Crippen molar-refractivity contribution in [3.63, 3.8) is 0 Å². The molecule has 0 bridgehead atoms. The van der Waals surface area contributed by atoms with Gasteiger partial charge >= 0.3 is 0 Å². The van der Waals surface area contributed by atoms with E-state index in [-0.39, 0.29) is 5.91 Å². The minimum atomic E-state index is -0.250. The van der Waals surface area contributed by atoms with E-state index in [1.807, 2.05) is 25.1 Å². The van der Waals surface area contributed by atoms with Crippen LogP contribution < -0.4 is 14.9 Å². The average molecular weight is 298 g/mol. The molecule has 0 fully saturated rings. The minimum Gasteiger partial charge on any atom is -0.493 e. The number of carbonyl (C=O) groups is 1. The molecule has 1 N–H and O–H groups in total. The van der Waals surface area contributed by atoms with Crippen LogP contribution in [0.5, 0.6) is 11.5 Å². The number of ether oxygens (including phenoxy) is 2. The molecule has 114 valence electrons. The second-order valence-corrected chi connectivity index (χ2v) is 4.68. The van der Waals surface area contributed by atoms with Gasteiger partial charge in [0, 0.05) is 5.56 Å². The number of rotatable bonds is 5. The summed E-state index contributed by atoms with van der Waals surface area (Å²) < 4.78 is 10.4. The van der Waals surface area contributed by atoms with Crippen LogP contribution in [0, 0.1) is 6.92 Å². The van der Waals surface area contributed by atoms with Crippen molar-refractivity contribution in [1.29, 1.82) is 0 Å². The molecule has 0 aromatic heterocycles. The minimum absolute atomic E-state index is 0.250. The number of methoxy groups -OCH3 is 2. The zero-order chi connectivity index (χ0) is 15.9. The number of nitrogens with one attached hydrogen (secondary N) is 1. The van der Waals surface area contributed by atoms with Gasteiger partial charge < -0.3 is 9.47 Å². The summed E-state index contributed by atoms with van der Waals surface area (Å²) in [6.07, 6.45) is 1.55. The van der Waals surface area contributed by atoms with Crippen LogP contribution in [-0.2, 0) is 0 Å². The van der Waals surface area contributed by atoms with E-state index in [0.717, 1.165) is 11.1 Å². The molecule has 0 radical (unpaired) electrons. The molecule has 0 unspecified atom stereocenters. The number of benzene rings is 2. The van der Waals surface area contributed by atoms with Crippen LogP contribution in [0.4, 0.5) is 0 Å². The number of aryl methyl sites for hydroxylation is 1. The molecule has 0 spiro atoms. The summed E-state index contributed by atoms with van der Waals surface area (Å²) in [6, 6.07) is 12.7. The molecule has 0 aliphatic carbocycles. The molecule has 5 nitrogen and oxygen atoms in total. The van der Waals surface area contributed by atoms with Crippen molar-refractivity contribution in [2.24, 2.45) is 5.10 Å². The summed E-state index contributed by atoms with van der Waals surface area (Å²) in [5.74, 6) is 1.00. The maximum atomic E-state index is 11.9. The Morgan fingerprint density at radius 2 is 1.86 bits per heavy atom. The van der Waals surface area contributed by atoms with Crippen LogP contribution in [0.1, 0.15) is 21.5 Å². The Morgan fingerprint density at radius 3 is 2.55 bits per heavy atom. The van der Waals surface area contributed by atoms with Gasteiger partial charge in [-0.25, -0.2) is 5.43 Å². The Bertz CT molecular complexity index is 696. The second kappa shape index (κ2) is 7.26. The van der Waals surface area contributed by atoms with Crippen LogP contribution in [0.25, 0.3) is 0 Å². The molecule has 0 saturated heterocycles. The highest BCUT2D eigenvalue weighted by Crippen LogP contribution is 2.26. The Kier molecular flexibility index (Phi) is 5.14. The summed E-state index contributed by atoms with van der Waals surface area (Å²) in [4.78, 5) is 11.9. The number of hydrazone groups is 1. The van der Waals surface area contributed by atoms with Gasteiger partial charge in [0.15, 0.2) is 11.5 Å². The van der Waals surface area contributed by atoms with Gasteiger partial charge in [0.05, 0.1) is 20.4 Å². The summed E-state index contributed by atoms with van der Waals surface area (Å²) in [5, 5.41) is 3.96. The lowest BCUT2D eigenvalue weighted by Gasteiger charge is -2.07. The van der Waals surface area contributed by atoms with Gasteiger partial charge in [0.1, 0.15) is 0 Å². The van der Waals surface area contributed by atoms with Gasteiger partial charge in [-0.15, -0.1) is 0 Å². The topological polar surface area (TPSA) is 59.9 Å². The number of hydrogen-bond acceptors (Lipinski definition) is 4. The first-order chi connectivity index (χ1) is 10.6. The Hall–Kier alpha value is -2.82. The molecule has 1 amide bonds. The van der Waals surface area contributed by atoms with E-state index < -0.39 is 0 Å². The number of carbonyl (C=O) groups excluding carboxylic acids is 1. The van der Waals surface area contributed by atoms with Gasteiger partial charge in [-0.1, -0.05) is 17.7 Å². The van der Waals surface area contributed by atoms with Gasteiger partial charge in [0.2, 0.25) is 0 Å². The molecule has 5 heteroatoms. The van der Waals surface area contributed by atoms with E-state index in [2.05, 4.69) is 10.5 Å². The first-order valence-corrected chi connectivity index (χ1v) is 6.76. The predicted molar refractivity (Wildman–Crippen MR) is 85.8 cm³/mol. The maximum Gasteiger partial charge on any atom is 0.271 e. The van der Waals surface area contributed by atoms with Crippen molar-refractivity contribution < 1.29 is 14.3 Å². The monoisotopic (exact) mass is 298 g/mol. The highest BCUT2D eigenvalue weighted by atomic mass is 16.5. The normalized spacial score (nSPS) is 10.5. The lowest BCUT2D eigenvalue weighted by molar-refractivity contribution is 0.0955. The molecular formula is C17H18N2O3. The average Bonchev–Trinajstić information content (AvgIpc) is 2.54. The molecule has 2 rings (SSSR count). The van der Waals surface area contributed by atoms with Crippen LogP contribution in [0.15, 0.2) is 47.6 Å². The van der Waals surface area contributed by atoms with Crippen molar-refractivity contribution in [3.8, 4) is 11.5 Å². The molecule has 2 aromatic carbocycles. The van der Waals surface area contributed by atoms with Crippen molar-refractivity contribution in [2.75, 3.05) is 14.2 Å². The van der Waals surface area contributed by atoms with Gasteiger partial charge in [-0.05, 0) is 42.8 Å². The SMILES string of the molecule is COc1ccc(/C=N/NC(=O)c2cccc(C)c2)cc1OC. The molecule has 0 atom stereocenters. The highest BCUT2D eigenvalue weighted by Gasteiger charge is 2.05. The molecule has 22 heavy (non-hydrogen) atoms. The maximum absolute atomic E-state index is 11.9. The first-order valence-electron chi connectivity index (χ1n) is 6.76. The van der Waals surface area contributed by atoms with E-state index in [1.165, 1.54) is 0 Å². The zero-order valence-electron chi connectivity index (χ0n) is 12.8. The fourth-order valence-corrected chi connectivity index (χ4v) is 1.95. The third-order valence-electron chi connectivity index (χ3n) is 3.07. The molecule has 0 heterocycles. The largest absolute Gasteiger partial charge is 0.493 e. The predicted octanol–water partition coefficient (Wildman–Crippen LogP) is 2.78. The molecule has 0 saturated carbocycles. The lowest BCUT2D eigenvalue weighted by Crippen LogP contribution is -2.17. The van der Waals surface area contributed by atoms with Gasteiger partial charge in [0.25, 0.3) is 5.91 Å². The lowest BCUT2D eigenvalue weighted by atomic mass is 10.1. The van der Waals surface area contributed by atoms with Crippen LogP contribution in [0.3, 0.4) is 0 Å². The number of amides is 1. The van der Waals surface area contributed by atoms with Gasteiger partial charge in [-0.3, -0.25) is 4.79 Å². The van der Waals surface area contributed by atoms with Crippen molar-refractivity contribution in [2.45, 2.75) is 6.92 Å². The molecule has 0 aliphatic rings. The van der Waals surface area contributed by atoms with Crippen molar-refractivity contribution in [1.82, 2.24) is 5.43 Å². The quantitative estimate of drug-likeness (QED) is 0.682. The Labute approximate surface area is 129 Å². The summed E-state index contributed by atoms with van der Waals surface area (Å²) >= 11 is 0. The molecule has 0 aliphatic heterocycles. The van der Waals surface area contributed by atoms with Crippen LogP contribution >= 0.6 is 0 Å². The molecular weight excluding hydrogens is 280 g/mol. The second-order valence-electron chi connectivity index (χ2n) is 4.68. The van der Waals surface area contributed by atoms with Crippen LogP contribution in [-0.4, -0.2) is 26.3 Å². The Morgan fingerprint density at radius 1 is 1.09 bits per heavy atom. The standard InChI is InChI=1S/C17H18N2O3/c1-12-5-4-6-14(9-12)17(20)19-18-11-13-7-8-15(21-2)16(10-13)22-3/h4-11H,1-3H3,(H,19,20)/b18-11+. The van der Waals surface area contributed by atoms with E-state index in [1.54, 1.807) is 44.7 Å². The summed E-state index contributed by atoms with van der Waals surface area (Å²) in [6.45, 7) is 1.93. The third-order valence-corrected chi connectivity index (χ3v) is 3.07.